The molecule has 0 amide bonds. The van der Waals surface area contributed by atoms with E-state index in [1.165, 1.54) is 12.1 Å². The molecule has 0 bridgehead atoms. The minimum absolute atomic E-state index is 0.209. The van der Waals surface area contributed by atoms with Gasteiger partial charge in [-0.2, -0.15) is 0 Å². The molecule has 2 N–H and O–H groups in total. The van der Waals surface area contributed by atoms with Gasteiger partial charge in [-0.1, -0.05) is 13.0 Å². The molecule has 0 spiro atoms. The van der Waals surface area contributed by atoms with Crippen LogP contribution in [-0.4, -0.2) is 46.9 Å². The van der Waals surface area contributed by atoms with Crippen LogP contribution in [0.5, 0.6) is 5.75 Å². The molecule has 2 unspecified atom stereocenters. The first-order chi connectivity index (χ1) is 10.0. The van der Waals surface area contributed by atoms with Gasteiger partial charge in [-0.3, -0.25) is 9.69 Å². The zero-order valence-corrected chi connectivity index (χ0v) is 12.0. The SMILES string of the molecule is CCCN(Cc1ccc(O)c(F)c1)C1COCC1C(=O)O. The van der Waals surface area contributed by atoms with E-state index in [2.05, 4.69) is 0 Å². The number of aromatic hydroxyl groups is 1. The summed E-state index contributed by atoms with van der Waals surface area (Å²) < 4.78 is 18.7. The summed E-state index contributed by atoms with van der Waals surface area (Å²) in [5.41, 5.74) is 0.704. The van der Waals surface area contributed by atoms with E-state index in [0.29, 0.717) is 25.3 Å². The van der Waals surface area contributed by atoms with Gasteiger partial charge in [-0.05, 0) is 30.7 Å². The minimum Gasteiger partial charge on any atom is -0.505 e. The fourth-order valence-electron chi connectivity index (χ4n) is 2.67. The molecular weight excluding hydrogens is 277 g/mol. The largest absolute Gasteiger partial charge is 0.505 e. The second-order valence-corrected chi connectivity index (χ2v) is 5.31. The average Bonchev–Trinajstić information content (AvgIpc) is 2.92. The Morgan fingerprint density at radius 3 is 2.86 bits per heavy atom. The number of hydrogen-bond donors (Lipinski definition) is 2. The van der Waals surface area contributed by atoms with Crippen molar-refractivity contribution in [2.45, 2.75) is 25.9 Å². The van der Waals surface area contributed by atoms with Crippen molar-refractivity contribution < 1.29 is 24.1 Å². The Kier molecular flexibility index (Phi) is 5.14. The smallest absolute Gasteiger partial charge is 0.310 e. The van der Waals surface area contributed by atoms with Crippen molar-refractivity contribution in [3.8, 4) is 5.75 Å². The average molecular weight is 297 g/mol. The quantitative estimate of drug-likeness (QED) is 0.838. The topological polar surface area (TPSA) is 70.0 Å². The van der Waals surface area contributed by atoms with E-state index in [4.69, 9.17) is 4.74 Å². The number of halogens is 1. The van der Waals surface area contributed by atoms with Crippen LogP contribution in [0.2, 0.25) is 0 Å². The van der Waals surface area contributed by atoms with E-state index < -0.39 is 17.7 Å². The molecule has 1 aromatic rings. The van der Waals surface area contributed by atoms with E-state index in [1.54, 1.807) is 6.07 Å². The highest BCUT2D eigenvalue weighted by Crippen LogP contribution is 2.24. The van der Waals surface area contributed by atoms with Crippen molar-refractivity contribution in [3.63, 3.8) is 0 Å². The highest BCUT2D eigenvalue weighted by Gasteiger charge is 2.37. The molecule has 116 valence electrons. The maximum Gasteiger partial charge on any atom is 0.310 e. The summed E-state index contributed by atoms with van der Waals surface area (Å²) in [4.78, 5) is 13.3. The summed E-state index contributed by atoms with van der Waals surface area (Å²) in [5, 5.41) is 18.5. The third kappa shape index (κ3) is 3.71. The second kappa shape index (κ2) is 6.87. The standard InChI is InChI=1S/C15H20FNO4/c1-2-5-17(13-9-21-8-11(13)15(19)20)7-10-3-4-14(18)12(16)6-10/h3-4,6,11,13,18H,2,5,7-9H2,1H3,(H,19,20). The van der Waals surface area contributed by atoms with Crippen LogP contribution in [0, 0.1) is 11.7 Å². The van der Waals surface area contributed by atoms with Crippen LogP contribution in [0.15, 0.2) is 18.2 Å². The monoisotopic (exact) mass is 297 g/mol. The lowest BCUT2D eigenvalue weighted by Crippen LogP contribution is -2.43. The van der Waals surface area contributed by atoms with Crippen LogP contribution in [0.1, 0.15) is 18.9 Å². The van der Waals surface area contributed by atoms with E-state index >= 15 is 0 Å². The van der Waals surface area contributed by atoms with Crippen molar-refractivity contribution >= 4 is 5.97 Å². The number of phenolic OH excluding ortho intramolecular Hbond substituents is 1. The molecule has 1 fully saturated rings. The molecule has 1 aromatic carbocycles. The van der Waals surface area contributed by atoms with E-state index in [1.807, 2.05) is 11.8 Å². The Morgan fingerprint density at radius 2 is 2.24 bits per heavy atom. The van der Waals surface area contributed by atoms with Crippen LogP contribution in [0.4, 0.5) is 4.39 Å². The molecule has 0 saturated carbocycles. The summed E-state index contributed by atoms with van der Waals surface area (Å²) in [6.45, 7) is 3.74. The molecule has 1 heterocycles. The number of hydrogen-bond acceptors (Lipinski definition) is 4. The number of benzene rings is 1. The highest BCUT2D eigenvalue weighted by molar-refractivity contribution is 5.71. The molecule has 1 aliphatic rings. The van der Waals surface area contributed by atoms with Gasteiger partial charge in [0, 0.05) is 12.6 Å². The van der Waals surface area contributed by atoms with E-state index in [0.717, 1.165) is 6.42 Å². The molecule has 1 saturated heterocycles. The van der Waals surface area contributed by atoms with Gasteiger partial charge >= 0.3 is 5.97 Å². The Labute approximate surface area is 122 Å². The molecule has 2 rings (SSSR count). The lowest BCUT2D eigenvalue weighted by molar-refractivity contribution is -0.143. The highest BCUT2D eigenvalue weighted by atomic mass is 19.1. The number of aliphatic carboxylic acids is 1. The Hall–Kier alpha value is -1.66. The first-order valence-electron chi connectivity index (χ1n) is 7.05. The van der Waals surface area contributed by atoms with Crippen LogP contribution in [0.3, 0.4) is 0 Å². The third-order valence-electron chi connectivity index (χ3n) is 3.75. The number of carboxylic acids is 1. The molecule has 6 heteroatoms. The summed E-state index contributed by atoms with van der Waals surface area (Å²) in [6, 6.07) is 4.03. The molecular formula is C15H20FNO4. The Balaban J connectivity index is 2.14. The maximum absolute atomic E-state index is 13.4. The fourth-order valence-corrected chi connectivity index (χ4v) is 2.67. The number of carbonyl (C=O) groups is 1. The number of carboxylic acid groups (broad SMARTS) is 1. The van der Waals surface area contributed by atoms with Crippen LogP contribution in [-0.2, 0) is 16.1 Å². The molecule has 0 radical (unpaired) electrons. The van der Waals surface area contributed by atoms with Gasteiger partial charge in [0.1, 0.15) is 0 Å². The first-order valence-corrected chi connectivity index (χ1v) is 7.05. The van der Waals surface area contributed by atoms with Crippen molar-refractivity contribution in [1.82, 2.24) is 4.90 Å². The van der Waals surface area contributed by atoms with E-state index in [-0.39, 0.29) is 18.4 Å². The van der Waals surface area contributed by atoms with Crippen molar-refractivity contribution in [3.05, 3.63) is 29.6 Å². The third-order valence-corrected chi connectivity index (χ3v) is 3.75. The fraction of sp³-hybridized carbons (Fsp3) is 0.533. The van der Waals surface area contributed by atoms with Crippen LogP contribution < -0.4 is 0 Å². The maximum atomic E-state index is 13.4. The minimum atomic E-state index is -0.865. The second-order valence-electron chi connectivity index (χ2n) is 5.31. The molecule has 21 heavy (non-hydrogen) atoms. The summed E-state index contributed by atoms with van der Waals surface area (Å²) in [5.74, 6) is -2.47. The summed E-state index contributed by atoms with van der Waals surface area (Å²) in [6.07, 6.45) is 0.864. The van der Waals surface area contributed by atoms with Crippen LogP contribution in [0.25, 0.3) is 0 Å². The molecule has 1 aliphatic heterocycles. The first kappa shape index (κ1) is 15.7. The van der Waals surface area contributed by atoms with Gasteiger partial charge in [0.2, 0.25) is 0 Å². The van der Waals surface area contributed by atoms with Crippen LogP contribution >= 0.6 is 0 Å². The summed E-state index contributed by atoms with van der Waals surface area (Å²) in [7, 11) is 0. The van der Waals surface area contributed by atoms with Gasteiger partial charge < -0.3 is 14.9 Å². The number of ether oxygens (including phenoxy) is 1. The Morgan fingerprint density at radius 1 is 1.48 bits per heavy atom. The normalized spacial score (nSPS) is 21.9. The van der Waals surface area contributed by atoms with Gasteiger partial charge in [-0.25, -0.2) is 4.39 Å². The molecule has 0 aliphatic carbocycles. The van der Waals surface area contributed by atoms with E-state index in [9.17, 15) is 19.4 Å². The molecule has 2 atom stereocenters. The van der Waals surface area contributed by atoms with Gasteiger partial charge in [-0.15, -0.1) is 0 Å². The number of nitrogens with zero attached hydrogens (tertiary/aromatic N) is 1. The number of phenols is 1. The van der Waals surface area contributed by atoms with Crippen molar-refractivity contribution in [1.29, 1.82) is 0 Å². The van der Waals surface area contributed by atoms with Crippen molar-refractivity contribution in [2.24, 2.45) is 5.92 Å². The predicted molar refractivity (Wildman–Crippen MR) is 74.5 cm³/mol. The van der Waals surface area contributed by atoms with Gasteiger partial charge in [0.15, 0.2) is 11.6 Å². The predicted octanol–water partition coefficient (Wildman–Crippen LogP) is 1.84. The zero-order valence-electron chi connectivity index (χ0n) is 12.0. The van der Waals surface area contributed by atoms with Gasteiger partial charge in [0.05, 0.1) is 19.1 Å². The van der Waals surface area contributed by atoms with Gasteiger partial charge in [0.25, 0.3) is 0 Å². The Bertz CT molecular complexity index is 508. The number of rotatable bonds is 6. The lowest BCUT2D eigenvalue weighted by atomic mass is 10.0. The summed E-state index contributed by atoms with van der Waals surface area (Å²) >= 11 is 0. The zero-order chi connectivity index (χ0) is 15.4. The van der Waals surface area contributed by atoms with Crippen molar-refractivity contribution in [2.75, 3.05) is 19.8 Å². The molecule has 5 nitrogen and oxygen atoms in total. The molecule has 0 aromatic heterocycles. The lowest BCUT2D eigenvalue weighted by Gasteiger charge is -2.30.